The van der Waals surface area contributed by atoms with E-state index in [4.69, 9.17) is 0 Å². The molecule has 0 saturated heterocycles. The molecule has 0 fully saturated rings. The molecular weight excluding hydrogens is 430 g/mol. The normalized spacial score (nSPS) is 15.9. The number of Topliss-reactive ketones (excluding diaryl/α,β-unsaturated/α-hetero) is 1. The molecule has 3 aromatic rings. The van der Waals surface area contributed by atoms with E-state index in [1.165, 1.54) is 4.90 Å². The fourth-order valence-corrected chi connectivity index (χ4v) is 3.91. The summed E-state index contributed by atoms with van der Waals surface area (Å²) in [4.78, 5) is 34.4. The quantitative estimate of drug-likeness (QED) is 0.555. The van der Waals surface area contributed by atoms with Crippen molar-refractivity contribution in [2.75, 3.05) is 23.9 Å². The Labute approximate surface area is 198 Å². The number of hydrogen-bond donors (Lipinski definition) is 1. The minimum atomic E-state index is -0.898. The van der Waals surface area contributed by atoms with Crippen molar-refractivity contribution >= 4 is 23.3 Å². The van der Waals surface area contributed by atoms with Gasteiger partial charge in [-0.05, 0) is 42.2 Å². The second kappa shape index (κ2) is 9.05. The van der Waals surface area contributed by atoms with Gasteiger partial charge in [0, 0.05) is 25.9 Å². The number of anilines is 2. The molecule has 1 aliphatic heterocycles. The van der Waals surface area contributed by atoms with E-state index in [2.05, 4.69) is 29.0 Å². The summed E-state index contributed by atoms with van der Waals surface area (Å²) in [6, 6.07) is 13.3. The SMILES string of the molecule is Cc1ccc(N2C(=O)C(O)=C(C(=O)c3ccc(C(C)C)cc3)C2c2ccc(N(C)C)nc2)nn1. The largest absolute Gasteiger partial charge is 0.503 e. The van der Waals surface area contributed by atoms with Crippen molar-refractivity contribution in [3.63, 3.8) is 0 Å². The molecule has 1 unspecified atom stereocenters. The van der Waals surface area contributed by atoms with Crippen molar-refractivity contribution < 1.29 is 14.7 Å². The van der Waals surface area contributed by atoms with Gasteiger partial charge < -0.3 is 10.0 Å². The lowest BCUT2D eigenvalue weighted by Gasteiger charge is -2.25. The van der Waals surface area contributed by atoms with Crippen LogP contribution in [0.2, 0.25) is 0 Å². The number of amides is 1. The molecule has 1 amide bonds. The van der Waals surface area contributed by atoms with Gasteiger partial charge in [0.1, 0.15) is 5.82 Å². The second-order valence-electron chi connectivity index (χ2n) is 8.82. The van der Waals surface area contributed by atoms with Gasteiger partial charge in [-0.25, -0.2) is 4.98 Å². The Morgan fingerprint density at radius 1 is 1.03 bits per heavy atom. The zero-order chi connectivity index (χ0) is 24.6. The first kappa shape index (κ1) is 23.1. The van der Waals surface area contributed by atoms with Crippen LogP contribution in [0.3, 0.4) is 0 Å². The molecule has 0 saturated carbocycles. The zero-order valence-electron chi connectivity index (χ0n) is 19.9. The van der Waals surface area contributed by atoms with Crippen LogP contribution in [-0.2, 0) is 4.79 Å². The monoisotopic (exact) mass is 457 g/mol. The predicted octanol–water partition coefficient (Wildman–Crippen LogP) is 4.15. The van der Waals surface area contributed by atoms with Crippen LogP contribution in [-0.4, -0.2) is 46.1 Å². The van der Waals surface area contributed by atoms with Gasteiger partial charge in [0.15, 0.2) is 17.4 Å². The number of rotatable bonds is 6. The molecule has 0 bridgehead atoms. The number of aliphatic hydroxyl groups is 1. The van der Waals surface area contributed by atoms with E-state index in [0.29, 0.717) is 22.7 Å². The molecule has 1 atom stereocenters. The summed E-state index contributed by atoms with van der Waals surface area (Å²) in [5.74, 6) is -0.453. The first-order valence-corrected chi connectivity index (χ1v) is 11.0. The number of aromatic nitrogens is 3. The van der Waals surface area contributed by atoms with Gasteiger partial charge in [0.2, 0.25) is 0 Å². The maximum atomic E-state index is 13.6. The van der Waals surface area contributed by atoms with Crippen molar-refractivity contribution in [1.29, 1.82) is 0 Å². The van der Waals surface area contributed by atoms with Crippen molar-refractivity contribution in [2.24, 2.45) is 0 Å². The molecule has 3 heterocycles. The Hall–Kier alpha value is -4.07. The Morgan fingerprint density at radius 3 is 2.26 bits per heavy atom. The highest BCUT2D eigenvalue weighted by Crippen LogP contribution is 2.41. The number of aliphatic hydroxyl groups excluding tert-OH is 1. The van der Waals surface area contributed by atoms with Crippen molar-refractivity contribution in [3.05, 3.63) is 88.4 Å². The summed E-state index contributed by atoms with van der Waals surface area (Å²) < 4.78 is 0. The van der Waals surface area contributed by atoms with E-state index in [0.717, 1.165) is 11.4 Å². The standard InChI is InChI=1S/C26H27N5O3/c1-15(2)17-7-9-18(10-8-17)24(32)22-23(19-11-13-20(27-14-19)30(4)5)31(26(34)25(22)33)21-12-6-16(3)28-29-21/h6-15,23,33H,1-5H3. The van der Waals surface area contributed by atoms with Crippen molar-refractivity contribution in [1.82, 2.24) is 15.2 Å². The molecule has 1 N–H and O–H groups in total. The maximum absolute atomic E-state index is 13.6. The number of carbonyl (C=O) groups is 2. The first-order chi connectivity index (χ1) is 16.2. The molecule has 0 spiro atoms. The number of nitrogens with zero attached hydrogens (tertiary/aromatic N) is 5. The molecule has 174 valence electrons. The van der Waals surface area contributed by atoms with E-state index in [9.17, 15) is 14.7 Å². The maximum Gasteiger partial charge on any atom is 0.295 e. The number of pyridine rings is 1. The minimum Gasteiger partial charge on any atom is -0.503 e. The Kier molecular flexibility index (Phi) is 6.15. The topological polar surface area (TPSA) is 99.5 Å². The summed E-state index contributed by atoms with van der Waals surface area (Å²) in [7, 11) is 3.74. The molecule has 4 rings (SSSR count). The lowest BCUT2D eigenvalue weighted by atomic mass is 9.92. The van der Waals surface area contributed by atoms with E-state index in [1.807, 2.05) is 31.1 Å². The highest BCUT2D eigenvalue weighted by Gasteiger charge is 2.45. The van der Waals surface area contributed by atoms with Crippen LogP contribution in [0, 0.1) is 6.92 Å². The van der Waals surface area contributed by atoms with Crippen LogP contribution in [0.1, 0.15) is 53.0 Å². The highest BCUT2D eigenvalue weighted by atomic mass is 16.3. The molecule has 34 heavy (non-hydrogen) atoms. The van der Waals surface area contributed by atoms with Crippen LogP contribution in [0.15, 0.2) is 66.1 Å². The molecule has 0 radical (unpaired) electrons. The van der Waals surface area contributed by atoms with E-state index < -0.39 is 23.5 Å². The number of aryl methyl sites for hydroxylation is 1. The summed E-state index contributed by atoms with van der Waals surface area (Å²) >= 11 is 0. The third-order valence-electron chi connectivity index (χ3n) is 5.87. The smallest absolute Gasteiger partial charge is 0.295 e. The number of hydrogen-bond acceptors (Lipinski definition) is 7. The van der Waals surface area contributed by atoms with Crippen LogP contribution in [0.4, 0.5) is 11.6 Å². The lowest BCUT2D eigenvalue weighted by molar-refractivity contribution is -0.117. The van der Waals surface area contributed by atoms with Gasteiger partial charge in [-0.3, -0.25) is 14.5 Å². The molecule has 2 aromatic heterocycles. The average molecular weight is 458 g/mol. The average Bonchev–Trinajstić information content (AvgIpc) is 3.09. The van der Waals surface area contributed by atoms with Gasteiger partial charge in [-0.2, -0.15) is 5.10 Å². The Balaban J connectivity index is 1.82. The zero-order valence-corrected chi connectivity index (χ0v) is 19.9. The molecule has 0 aliphatic carbocycles. The van der Waals surface area contributed by atoms with Gasteiger partial charge in [-0.1, -0.05) is 44.2 Å². The summed E-state index contributed by atoms with van der Waals surface area (Å²) in [5, 5.41) is 19.1. The molecule has 1 aliphatic rings. The Morgan fingerprint density at radius 2 is 1.74 bits per heavy atom. The molecular formula is C26H27N5O3. The number of benzene rings is 1. The first-order valence-electron chi connectivity index (χ1n) is 11.0. The highest BCUT2D eigenvalue weighted by molar-refractivity contribution is 6.20. The summed E-state index contributed by atoms with van der Waals surface area (Å²) in [6.45, 7) is 5.93. The summed E-state index contributed by atoms with van der Waals surface area (Å²) in [5.41, 5.74) is 2.73. The Bertz CT molecular complexity index is 1250. The molecule has 8 heteroatoms. The minimum absolute atomic E-state index is 0.0101. The predicted molar refractivity (Wildman–Crippen MR) is 130 cm³/mol. The second-order valence-corrected chi connectivity index (χ2v) is 8.82. The van der Waals surface area contributed by atoms with Crippen LogP contribution >= 0.6 is 0 Å². The van der Waals surface area contributed by atoms with E-state index in [-0.39, 0.29) is 11.4 Å². The van der Waals surface area contributed by atoms with Gasteiger partial charge in [0.05, 0.1) is 17.3 Å². The third-order valence-corrected chi connectivity index (χ3v) is 5.87. The van der Waals surface area contributed by atoms with Crippen LogP contribution in [0.25, 0.3) is 0 Å². The van der Waals surface area contributed by atoms with E-state index in [1.54, 1.807) is 49.5 Å². The fraction of sp³-hybridized carbons (Fsp3) is 0.269. The van der Waals surface area contributed by atoms with Crippen molar-refractivity contribution in [2.45, 2.75) is 32.7 Å². The van der Waals surface area contributed by atoms with Gasteiger partial charge in [0.25, 0.3) is 5.91 Å². The molecule has 8 nitrogen and oxygen atoms in total. The van der Waals surface area contributed by atoms with Crippen LogP contribution < -0.4 is 9.80 Å². The fourth-order valence-electron chi connectivity index (χ4n) is 3.91. The number of ketones is 1. The molecule has 1 aromatic carbocycles. The van der Waals surface area contributed by atoms with Crippen molar-refractivity contribution in [3.8, 4) is 0 Å². The third kappa shape index (κ3) is 4.14. The van der Waals surface area contributed by atoms with Gasteiger partial charge in [-0.15, -0.1) is 5.10 Å². The van der Waals surface area contributed by atoms with E-state index >= 15 is 0 Å². The lowest BCUT2D eigenvalue weighted by Crippen LogP contribution is -2.32. The van der Waals surface area contributed by atoms with Crippen LogP contribution in [0.5, 0.6) is 0 Å². The van der Waals surface area contributed by atoms with Gasteiger partial charge >= 0.3 is 0 Å². The summed E-state index contributed by atoms with van der Waals surface area (Å²) in [6.07, 6.45) is 1.61. The number of carbonyl (C=O) groups excluding carboxylic acids is 2.